The SMILES string of the molecule is [CH]Cc1ncc(C)cc1CS. The van der Waals surface area contributed by atoms with E-state index in [9.17, 15) is 0 Å². The topological polar surface area (TPSA) is 12.9 Å². The zero-order valence-electron chi connectivity index (χ0n) is 6.54. The number of aryl methyl sites for hydroxylation is 1. The molecule has 0 saturated carbocycles. The first kappa shape index (κ1) is 8.60. The molecule has 11 heavy (non-hydrogen) atoms. The molecule has 2 heteroatoms. The van der Waals surface area contributed by atoms with Crippen molar-refractivity contribution in [1.29, 1.82) is 0 Å². The van der Waals surface area contributed by atoms with E-state index in [1.165, 1.54) is 0 Å². The van der Waals surface area contributed by atoms with Crippen LogP contribution in [0.2, 0.25) is 0 Å². The van der Waals surface area contributed by atoms with Crippen LogP contribution in [0.5, 0.6) is 0 Å². The van der Waals surface area contributed by atoms with Crippen LogP contribution in [0.1, 0.15) is 16.8 Å². The maximum atomic E-state index is 5.48. The Hall–Kier alpha value is -0.500. The van der Waals surface area contributed by atoms with E-state index in [-0.39, 0.29) is 0 Å². The van der Waals surface area contributed by atoms with Crippen molar-refractivity contribution in [2.75, 3.05) is 0 Å². The van der Waals surface area contributed by atoms with Crippen LogP contribution in [-0.2, 0) is 12.2 Å². The largest absolute Gasteiger partial charge is 0.261 e. The van der Waals surface area contributed by atoms with E-state index >= 15 is 0 Å². The summed E-state index contributed by atoms with van der Waals surface area (Å²) in [6, 6.07) is 2.07. The molecule has 0 aromatic carbocycles. The molecule has 0 aliphatic rings. The smallest absolute Gasteiger partial charge is 0.0447 e. The lowest BCUT2D eigenvalue weighted by Crippen LogP contribution is -1.94. The third-order valence-electron chi connectivity index (χ3n) is 1.56. The number of thiol groups is 1. The Balaban J connectivity index is 3.06. The van der Waals surface area contributed by atoms with Gasteiger partial charge >= 0.3 is 0 Å². The van der Waals surface area contributed by atoms with Gasteiger partial charge in [0.2, 0.25) is 0 Å². The monoisotopic (exact) mass is 165 g/mol. The summed E-state index contributed by atoms with van der Waals surface area (Å²) in [5.74, 6) is 0.710. The fourth-order valence-corrected chi connectivity index (χ4v) is 1.25. The van der Waals surface area contributed by atoms with Gasteiger partial charge in [0.25, 0.3) is 0 Å². The summed E-state index contributed by atoms with van der Waals surface area (Å²) in [6.45, 7) is 7.49. The van der Waals surface area contributed by atoms with Gasteiger partial charge in [0.05, 0.1) is 0 Å². The number of rotatable bonds is 2. The lowest BCUT2D eigenvalue weighted by Gasteiger charge is -2.03. The molecule has 0 spiro atoms. The molecule has 0 aliphatic carbocycles. The van der Waals surface area contributed by atoms with Crippen molar-refractivity contribution in [2.24, 2.45) is 0 Å². The van der Waals surface area contributed by atoms with Gasteiger partial charge in [-0.3, -0.25) is 4.98 Å². The Kier molecular flexibility index (Phi) is 2.94. The van der Waals surface area contributed by atoms with Gasteiger partial charge in [0, 0.05) is 17.6 Å². The first-order valence-electron chi connectivity index (χ1n) is 3.53. The van der Waals surface area contributed by atoms with Gasteiger partial charge in [-0.15, -0.1) is 0 Å². The number of nitrogens with zero attached hydrogens (tertiary/aromatic N) is 1. The van der Waals surface area contributed by atoms with Gasteiger partial charge in [0.15, 0.2) is 0 Å². The van der Waals surface area contributed by atoms with Gasteiger partial charge in [-0.25, -0.2) is 0 Å². The van der Waals surface area contributed by atoms with Crippen molar-refractivity contribution in [3.8, 4) is 0 Å². The second-order valence-electron chi connectivity index (χ2n) is 2.48. The average Bonchev–Trinajstić information content (AvgIpc) is 2.04. The molecular formula is C9H11NS. The highest BCUT2D eigenvalue weighted by Crippen LogP contribution is 2.10. The first-order valence-corrected chi connectivity index (χ1v) is 4.16. The summed E-state index contributed by atoms with van der Waals surface area (Å²) < 4.78 is 0. The highest BCUT2D eigenvalue weighted by molar-refractivity contribution is 7.79. The van der Waals surface area contributed by atoms with E-state index in [4.69, 9.17) is 6.92 Å². The van der Waals surface area contributed by atoms with E-state index in [2.05, 4.69) is 23.7 Å². The summed E-state index contributed by atoms with van der Waals surface area (Å²) in [5, 5.41) is 0. The highest BCUT2D eigenvalue weighted by atomic mass is 32.1. The second kappa shape index (κ2) is 3.77. The standard InChI is InChI=1S/C9H11NS/c1-3-9-8(6-11)4-7(2)5-10-9/h1,4-5,11H,3,6H2,2H3. The van der Waals surface area contributed by atoms with Crippen molar-refractivity contribution >= 4 is 12.6 Å². The molecule has 0 unspecified atom stereocenters. The molecule has 1 aromatic rings. The third kappa shape index (κ3) is 1.96. The molecule has 1 aromatic heterocycles. The summed E-state index contributed by atoms with van der Waals surface area (Å²) >= 11 is 4.19. The van der Waals surface area contributed by atoms with Crippen LogP contribution in [0, 0.1) is 13.8 Å². The lowest BCUT2D eigenvalue weighted by molar-refractivity contribution is 1.05. The molecule has 1 heterocycles. The molecule has 1 nitrogen and oxygen atoms in total. The Labute approximate surface area is 73.3 Å². The van der Waals surface area contributed by atoms with Crippen molar-refractivity contribution < 1.29 is 0 Å². The number of aromatic nitrogens is 1. The molecule has 0 fully saturated rings. The van der Waals surface area contributed by atoms with Crippen molar-refractivity contribution in [3.05, 3.63) is 36.0 Å². The summed E-state index contributed by atoms with van der Waals surface area (Å²) in [5.41, 5.74) is 3.24. The quantitative estimate of drug-likeness (QED) is 0.662. The van der Waals surface area contributed by atoms with Gasteiger partial charge < -0.3 is 0 Å². The number of pyridine rings is 1. The molecule has 0 N–H and O–H groups in total. The van der Waals surface area contributed by atoms with E-state index in [1.54, 1.807) is 0 Å². The molecule has 0 atom stereocenters. The van der Waals surface area contributed by atoms with Gasteiger partial charge in [-0.2, -0.15) is 12.6 Å². The number of hydrogen-bond acceptors (Lipinski definition) is 2. The molecule has 0 saturated heterocycles. The average molecular weight is 165 g/mol. The molecule has 2 radical (unpaired) electrons. The minimum atomic E-state index is 0.496. The molecule has 0 bridgehead atoms. The Morgan fingerprint density at radius 2 is 2.36 bits per heavy atom. The normalized spacial score (nSPS) is 10.1. The van der Waals surface area contributed by atoms with Crippen LogP contribution in [-0.4, -0.2) is 4.98 Å². The summed E-state index contributed by atoms with van der Waals surface area (Å²) in [7, 11) is 0. The number of hydrogen-bond donors (Lipinski definition) is 1. The fraction of sp³-hybridized carbons (Fsp3) is 0.333. The second-order valence-corrected chi connectivity index (χ2v) is 2.80. The van der Waals surface area contributed by atoms with Crippen LogP contribution < -0.4 is 0 Å². The predicted molar refractivity (Wildman–Crippen MR) is 49.7 cm³/mol. The van der Waals surface area contributed by atoms with E-state index < -0.39 is 0 Å². The Bertz CT molecular complexity index is 245. The maximum absolute atomic E-state index is 5.48. The van der Waals surface area contributed by atoms with Crippen LogP contribution in [0.15, 0.2) is 12.3 Å². The lowest BCUT2D eigenvalue weighted by atomic mass is 10.1. The summed E-state index contributed by atoms with van der Waals surface area (Å²) in [4.78, 5) is 4.19. The van der Waals surface area contributed by atoms with Crippen LogP contribution in [0.25, 0.3) is 0 Å². The zero-order valence-corrected chi connectivity index (χ0v) is 7.44. The van der Waals surface area contributed by atoms with Gasteiger partial charge in [-0.05, 0) is 31.4 Å². The van der Waals surface area contributed by atoms with Gasteiger partial charge in [-0.1, -0.05) is 6.07 Å². The molecular weight excluding hydrogens is 154 g/mol. The zero-order chi connectivity index (χ0) is 8.27. The minimum absolute atomic E-state index is 0.496. The minimum Gasteiger partial charge on any atom is -0.261 e. The van der Waals surface area contributed by atoms with Gasteiger partial charge in [0.1, 0.15) is 0 Å². The van der Waals surface area contributed by atoms with Crippen molar-refractivity contribution in [2.45, 2.75) is 19.1 Å². The first-order chi connectivity index (χ1) is 5.27. The molecule has 1 rings (SSSR count). The van der Waals surface area contributed by atoms with Crippen LogP contribution in [0.3, 0.4) is 0 Å². The summed E-state index contributed by atoms with van der Waals surface area (Å²) in [6.07, 6.45) is 2.32. The van der Waals surface area contributed by atoms with E-state index in [0.29, 0.717) is 12.2 Å². The van der Waals surface area contributed by atoms with Crippen molar-refractivity contribution in [3.63, 3.8) is 0 Å². The Morgan fingerprint density at radius 3 is 2.91 bits per heavy atom. The van der Waals surface area contributed by atoms with E-state index in [1.807, 2.05) is 13.1 Å². The van der Waals surface area contributed by atoms with Crippen molar-refractivity contribution in [1.82, 2.24) is 4.98 Å². The molecule has 58 valence electrons. The molecule has 0 amide bonds. The van der Waals surface area contributed by atoms with Crippen LogP contribution >= 0.6 is 12.6 Å². The highest BCUT2D eigenvalue weighted by Gasteiger charge is 1.99. The third-order valence-corrected chi connectivity index (χ3v) is 1.90. The Morgan fingerprint density at radius 1 is 1.64 bits per heavy atom. The maximum Gasteiger partial charge on any atom is 0.0447 e. The van der Waals surface area contributed by atoms with Crippen LogP contribution in [0.4, 0.5) is 0 Å². The molecule has 0 aliphatic heterocycles. The fourth-order valence-electron chi connectivity index (χ4n) is 0.979. The van der Waals surface area contributed by atoms with E-state index in [0.717, 1.165) is 16.8 Å². The predicted octanol–water partition coefficient (Wildman–Crippen LogP) is 2.07.